The predicted molar refractivity (Wildman–Crippen MR) is 145 cm³/mol. The highest BCUT2D eigenvalue weighted by Gasteiger charge is 2.33. The number of hydrogen-bond acceptors (Lipinski definition) is 4. The third-order valence-corrected chi connectivity index (χ3v) is 7.63. The zero-order valence-electron chi connectivity index (χ0n) is 16.5. The Bertz CT molecular complexity index is 1300. The molecule has 10 heteroatoms. The number of carbonyl (C=O) groups excluding carboxylic acids is 1. The summed E-state index contributed by atoms with van der Waals surface area (Å²) in [5.74, 6) is -0.153. The molecule has 1 aliphatic heterocycles. The van der Waals surface area contributed by atoms with Crippen LogP contribution < -0.4 is 9.64 Å². The molecule has 1 saturated heterocycles. The Morgan fingerprint density at radius 1 is 1.09 bits per heavy atom. The largest absolute Gasteiger partial charge is 0.486 e. The van der Waals surface area contributed by atoms with Gasteiger partial charge in [-0.05, 0) is 86.0 Å². The minimum Gasteiger partial charge on any atom is -0.486 e. The van der Waals surface area contributed by atoms with Crippen LogP contribution in [0.5, 0.6) is 5.75 Å². The molecule has 0 bridgehead atoms. The van der Waals surface area contributed by atoms with Crippen LogP contribution in [-0.2, 0) is 11.4 Å². The molecule has 0 aliphatic carbocycles. The van der Waals surface area contributed by atoms with E-state index in [-0.39, 0.29) is 12.5 Å². The van der Waals surface area contributed by atoms with E-state index in [0.29, 0.717) is 39.7 Å². The Kier molecular flexibility index (Phi) is 7.83. The third kappa shape index (κ3) is 5.63. The van der Waals surface area contributed by atoms with E-state index in [0.717, 1.165) is 22.9 Å². The number of anilines is 1. The Labute approximate surface area is 226 Å². The van der Waals surface area contributed by atoms with Crippen LogP contribution in [0.15, 0.2) is 68.4 Å². The maximum absolute atomic E-state index is 13.6. The van der Waals surface area contributed by atoms with Crippen LogP contribution in [0.1, 0.15) is 11.1 Å². The number of hydrogen-bond donors (Lipinski definition) is 0. The van der Waals surface area contributed by atoms with Gasteiger partial charge in [0.1, 0.15) is 18.2 Å². The van der Waals surface area contributed by atoms with Gasteiger partial charge < -0.3 is 4.74 Å². The zero-order valence-corrected chi connectivity index (χ0v) is 22.8. The van der Waals surface area contributed by atoms with Gasteiger partial charge >= 0.3 is 0 Å². The predicted octanol–water partition coefficient (Wildman–Crippen LogP) is 8.64. The summed E-state index contributed by atoms with van der Waals surface area (Å²) < 4.78 is 21.3. The monoisotopic (exact) mass is 645 g/mol. The van der Waals surface area contributed by atoms with Crippen LogP contribution in [-0.4, -0.2) is 10.2 Å². The summed E-state index contributed by atoms with van der Waals surface area (Å²) in [5, 5.41) is 1.07. The number of benzene rings is 3. The van der Waals surface area contributed by atoms with E-state index < -0.39 is 5.82 Å². The standard InChI is InChI=1S/C23H12Br2Cl2FNO2S2/c24-17-6-12(7-18(25)21(17)31-11-13-4-5-14(26)9-19(13)27)8-20-22(30)29(23(32)33-20)16-3-1-2-15(28)10-16/h1-10H,11H2/b20-8-. The molecule has 1 amide bonds. The SMILES string of the molecule is O=C1/C(=C/c2cc(Br)c(OCc3ccc(Cl)cc3Cl)c(Br)c2)SC(=S)N1c1cccc(F)c1. The number of rotatable bonds is 5. The second kappa shape index (κ2) is 10.5. The lowest BCUT2D eigenvalue weighted by Gasteiger charge is -2.14. The number of amides is 1. The van der Waals surface area contributed by atoms with Crippen molar-refractivity contribution in [3.8, 4) is 5.75 Å². The van der Waals surface area contributed by atoms with Crippen LogP contribution in [0.4, 0.5) is 10.1 Å². The van der Waals surface area contributed by atoms with Crippen LogP contribution in [0.2, 0.25) is 10.0 Å². The Morgan fingerprint density at radius 2 is 1.82 bits per heavy atom. The first-order chi connectivity index (χ1) is 15.7. The summed E-state index contributed by atoms with van der Waals surface area (Å²) in [6, 6.07) is 14.7. The van der Waals surface area contributed by atoms with Crippen molar-refractivity contribution in [2.24, 2.45) is 0 Å². The first-order valence-electron chi connectivity index (χ1n) is 9.32. The van der Waals surface area contributed by atoms with Crippen molar-refractivity contribution in [2.75, 3.05) is 4.90 Å². The molecule has 0 saturated carbocycles. The molecule has 3 aromatic rings. The number of halogens is 5. The lowest BCUT2D eigenvalue weighted by atomic mass is 10.2. The van der Waals surface area contributed by atoms with Gasteiger partial charge in [-0.3, -0.25) is 9.69 Å². The van der Waals surface area contributed by atoms with E-state index in [9.17, 15) is 9.18 Å². The topological polar surface area (TPSA) is 29.5 Å². The highest BCUT2D eigenvalue weighted by Crippen LogP contribution is 2.39. The number of nitrogens with zero attached hydrogens (tertiary/aromatic N) is 1. The first kappa shape index (κ1) is 24.7. The number of thioether (sulfide) groups is 1. The molecule has 0 unspecified atom stereocenters. The van der Waals surface area contributed by atoms with Gasteiger partial charge in [0.2, 0.25) is 0 Å². The minimum absolute atomic E-state index is 0.249. The normalized spacial score (nSPS) is 14.9. The maximum atomic E-state index is 13.6. The lowest BCUT2D eigenvalue weighted by Crippen LogP contribution is -2.27. The number of ether oxygens (including phenoxy) is 1. The molecule has 0 atom stereocenters. The second-order valence-electron chi connectivity index (χ2n) is 6.84. The summed E-state index contributed by atoms with van der Waals surface area (Å²) in [5.41, 5.74) is 1.95. The lowest BCUT2D eigenvalue weighted by molar-refractivity contribution is -0.113. The molecule has 1 aliphatic rings. The smallest absolute Gasteiger partial charge is 0.270 e. The molecule has 0 N–H and O–H groups in total. The van der Waals surface area contributed by atoms with E-state index >= 15 is 0 Å². The van der Waals surface area contributed by atoms with Crippen molar-refractivity contribution in [2.45, 2.75) is 6.61 Å². The highest BCUT2D eigenvalue weighted by atomic mass is 79.9. The minimum atomic E-state index is -0.436. The van der Waals surface area contributed by atoms with Crippen molar-refractivity contribution >= 4 is 101 Å². The van der Waals surface area contributed by atoms with Gasteiger partial charge in [0.25, 0.3) is 5.91 Å². The van der Waals surface area contributed by atoms with Crippen molar-refractivity contribution < 1.29 is 13.9 Å². The maximum Gasteiger partial charge on any atom is 0.270 e. The molecular formula is C23H12Br2Cl2FNO2S2. The van der Waals surface area contributed by atoms with Crippen molar-refractivity contribution in [1.82, 2.24) is 0 Å². The average Bonchev–Trinajstić information content (AvgIpc) is 3.01. The third-order valence-electron chi connectivity index (χ3n) is 4.57. The molecule has 4 rings (SSSR count). The molecule has 0 radical (unpaired) electrons. The first-order valence-corrected chi connectivity index (χ1v) is 12.9. The molecule has 3 aromatic carbocycles. The molecule has 3 nitrogen and oxygen atoms in total. The molecular weight excluding hydrogens is 636 g/mol. The Balaban J connectivity index is 1.55. The quantitative estimate of drug-likeness (QED) is 0.205. The number of thiocarbonyl (C=S) groups is 1. The van der Waals surface area contributed by atoms with Gasteiger partial charge in [-0.1, -0.05) is 59.3 Å². The molecule has 1 heterocycles. The fourth-order valence-electron chi connectivity index (χ4n) is 3.05. The fourth-order valence-corrected chi connectivity index (χ4v) is 6.26. The summed E-state index contributed by atoms with van der Waals surface area (Å²) in [4.78, 5) is 14.7. The van der Waals surface area contributed by atoms with Gasteiger partial charge in [-0.2, -0.15) is 0 Å². The second-order valence-corrected chi connectivity index (χ2v) is 11.1. The van der Waals surface area contributed by atoms with Gasteiger partial charge in [-0.25, -0.2) is 4.39 Å². The summed E-state index contributed by atoms with van der Waals surface area (Å²) in [7, 11) is 0. The molecule has 1 fully saturated rings. The van der Waals surface area contributed by atoms with Gasteiger partial charge in [0.15, 0.2) is 4.32 Å². The van der Waals surface area contributed by atoms with E-state index in [2.05, 4.69) is 31.9 Å². The van der Waals surface area contributed by atoms with Crippen molar-refractivity contribution in [3.63, 3.8) is 0 Å². The van der Waals surface area contributed by atoms with E-state index in [1.807, 2.05) is 12.1 Å². The molecule has 33 heavy (non-hydrogen) atoms. The van der Waals surface area contributed by atoms with Gasteiger partial charge in [0, 0.05) is 15.6 Å². The summed E-state index contributed by atoms with van der Waals surface area (Å²) in [6.07, 6.45) is 1.73. The van der Waals surface area contributed by atoms with E-state index in [4.69, 9.17) is 40.2 Å². The summed E-state index contributed by atoms with van der Waals surface area (Å²) in [6.45, 7) is 0.249. The average molecular weight is 648 g/mol. The van der Waals surface area contributed by atoms with Crippen LogP contribution in [0.25, 0.3) is 6.08 Å². The van der Waals surface area contributed by atoms with Crippen molar-refractivity contribution in [1.29, 1.82) is 0 Å². The van der Waals surface area contributed by atoms with Crippen LogP contribution >= 0.6 is 79.0 Å². The molecule has 168 valence electrons. The van der Waals surface area contributed by atoms with Crippen LogP contribution in [0.3, 0.4) is 0 Å². The zero-order chi connectivity index (χ0) is 23.7. The molecule has 0 aromatic heterocycles. The van der Waals surface area contributed by atoms with Crippen molar-refractivity contribution in [3.05, 3.63) is 95.4 Å². The number of carbonyl (C=O) groups is 1. The fraction of sp³-hybridized carbons (Fsp3) is 0.0435. The van der Waals surface area contributed by atoms with E-state index in [1.54, 1.807) is 30.3 Å². The molecule has 0 spiro atoms. The van der Waals surface area contributed by atoms with Crippen LogP contribution in [0, 0.1) is 5.82 Å². The van der Waals surface area contributed by atoms with Gasteiger partial charge in [-0.15, -0.1) is 0 Å². The Morgan fingerprint density at radius 3 is 2.48 bits per heavy atom. The highest BCUT2D eigenvalue weighted by molar-refractivity contribution is 9.11. The Hall–Kier alpha value is -1.42. The van der Waals surface area contributed by atoms with Gasteiger partial charge in [0.05, 0.1) is 19.5 Å². The van der Waals surface area contributed by atoms with E-state index in [1.165, 1.54) is 23.1 Å². The summed E-state index contributed by atoms with van der Waals surface area (Å²) >= 11 is 25.7.